The molecule has 17 heteroatoms. The zero-order chi connectivity index (χ0) is 42.5. The van der Waals surface area contributed by atoms with Crippen LogP contribution in [0.15, 0.2) is 91.3 Å². The van der Waals surface area contributed by atoms with Crippen LogP contribution < -0.4 is 20.5 Å². The summed E-state index contributed by atoms with van der Waals surface area (Å²) in [5.41, 5.74) is 9.11. The third-order valence-corrected chi connectivity index (χ3v) is 10.8. The van der Waals surface area contributed by atoms with Gasteiger partial charge >= 0.3 is 0 Å². The predicted octanol–water partition coefficient (Wildman–Crippen LogP) is 4.49. The first kappa shape index (κ1) is 40.8. The van der Waals surface area contributed by atoms with Crippen LogP contribution in [-0.2, 0) is 23.9 Å². The standard InChI is InChI=1S/C44H44N8O9/c1-27(18-20-58-21-22-59-23-24-60-34-11-5-10-32-36(34)44(57)51(43(32)56)33-16-17-35(53)48-41(33)54)42(55)50-19-6-7-29(25-50)52-40-37(39(45)46-26-47-40)38(49-52)28-12-14-31(15-13-28)61-30-8-3-2-4-9-30/h2-5,8-15,26,29,33H,1,6-7,16-25H2,(H2,45,46,47)(H,48,53,54). The number of nitrogens with two attached hydrogens (primary N) is 1. The Balaban J connectivity index is 0.782. The summed E-state index contributed by atoms with van der Waals surface area (Å²) in [7, 11) is 0. The quantitative estimate of drug-likeness (QED) is 0.0799. The van der Waals surface area contributed by atoms with E-state index in [0.29, 0.717) is 53.4 Å². The second-order valence-corrected chi connectivity index (χ2v) is 14.8. The van der Waals surface area contributed by atoms with Crippen molar-refractivity contribution in [3.8, 4) is 28.5 Å². The number of ether oxygens (including phenoxy) is 4. The van der Waals surface area contributed by atoms with E-state index in [0.717, 1.165) is 29.1 Å². The van der Waals surface area contributed by atoms with Crippen molar-refractivity contribution >= 4 is 46.4 Å². The minimum atomic E-state index is -1.06. The lowest BCUT2D eigenvalue weighted by Crippen LogP contribution is -2.54. The Labute approximate surface area is 350 Å². The molecule has 3 aliphatic heterocycles. The third kappa shape index (κ3) is 8.69. The molecule has 8 rings (SSSR count). The number of para-hydroxylation sites is 1. The second kappa shape index (κ2) is 18.1. The summed E-state index contributed by atoms with van der Waals surface area (Å²) < 4.78 is 25.0. The molecule has 0 saturated carbocycles. The molecule has 2 saturated heterocycles. The molecule has 0 aliphatic carbocycles. The van der Waals surface area contributed by atoms with E-state index in [1.54, 1.807) is 17.0 Å². The van der Waals surface area contributed by atoms with Crippen molar-refractivity contribution in [2.24, 2.45) is 0 Å². The number of aromatic nitrogens is 4. The van der Waals surface area contributed by atoms with Crippen LogP contribution in [0.2, 0.25) is 0 Å². The van der Waals surface area contributed by atoms with Crippen molar-refractivity contribution in [3.05, 3.63) is 102 Å². The second-order valence-electron chi connectivity index (χ2n) is 14.8. The Hall–Kier alpha value is -6.98. The van der Waals surface area contributed by atoms with Crippen LogP contribution in [0.5, 0.6) is 17.2 Å². The molecule has 2 unspecified atom stereocenters. The molecule has 2 fully saturated rings. The molecule has 17 nitrogen and oxygen atoms in total. The number of anilines is 1. The van der Waals surface area contributed by atoms with Crippen LogP contribution in [0.3, 0.4) is 0 Å². The van der Waals surface area contributed by atoms with Gasteiger partial charge in [-0.3, -0.25) is 34.2 Å². The Morgan fingerprint density at radius 1 is 0.852 bits per heavy atom. The van der Waals surface area contributed by atoms with Crippen LogP contribution in [0.25, 0.3) is 22.3 Å². The number of rotatable bonds is 16. The molecule has 5 amide bonds. The van der Waals surface area contributed by atoms with Gasteiger partial charge in [0, 0.05) is 37.1 Å². The fourth-order valence-corrected chi connectivity index (χ4v) is 7.76. The average molecular weight is 829 g/mol. The molecule has 5 aromatic rings. The number of likely N-dealkylation sites (tertiary alicyclic amines) is 1. The largest absolute Gasteiger partial charge is 0.490 e. The Kier molecular flexibility index (Phi) is 12.1. The molecule has 2 aromatic heterocycles. The Morgan fingerprint density at radius 3 is 2.39 bits per heavy atom. The third-order valence-electron chi connectivity index (χ3n) is 10.8. The van der Waals surface area contributed by atoms with E-state index in [1.165, 1.54) is 12.4 Å². The van der Waals surface area contributed by atoms with Gasteiger partial charge in [0.2, 0.25) is 17.7 Å². The van der Waals surface area contributed by atoms with Gasteiger partial charge in [0.05, 0.1) is 49.0 Å². The van der Waals surface area contributed by atoms with E-state index >= 15 is 0 Å². The lowest BCUT2D eigenvalue weighted by Gasteiger charge is -2.33. The minimum Gasteiger partial charge on any atom is -0.490 e. The number of fused-ring (bicyclic) bond motifs is 2. The number of carbonyl (C=O) groups excluding carboxylic acids is 5. The van der Waals surface area contributed by atoms with Gasteiger partial charge in [-0.05, 0) is 67.8 Å². The van der Waals surface area contributed by atoms with Crippen molar-refractivity contribution in [3.63, 3.8) is 0 Å². The maximum atomic E-state index is 13.5. The molecular weight excluding hydrogens is 785 g/mol. The highest BCUT2D eigenvalue weighted by atomic mass is 16.5. The molecule has 0 spiro atoms. The first-order chi connectivity index (χ1) is 29.7. The number of hydrogen-bond donors (Lipinski definition) is 2. The molecule has 2 atom stereocenters. The summed E-state index contributed by atoms with van der Waals surface area (Å²) in [6.07, 6.45) is 3.43. The maximum Gasteiger partial charge on any atom is 0.266 e. The maximum absolute atomic E-state index is 13.5. The molecule has 314 valence electrons. The van der Waals surface area contributed by atoms with Gasteiger partial charge in [0.15, 0.2) is 5.65 Å². The Morgan fingerprint density at radius 2 is 1.61 bits per heavy atom. The summed E-state index contributed by atoms with van der Waals surface area (Å²) in [4.78, 5) is 75.3. The smallest absolute Gasteiger partial charge is 0.266 e. The molecular formula is C44H44N8O9. The van der Waals surface area contributed by atoms with Gasteiger partial charge in [-0.1, -0.05) is 30.8 Å². The van der Waals surface area contributed by atoms with E-state index < -0.39 is 29.7 Å². The van der Waals surface area contributed by atoms with Crippen LogP contribution in [0.4, 0.5) is 5.82 Å². The zero-order valence-electron chi connectivity index (χ0n) is 33.3. The summed E-state index contributed by atoms with van der Waals surface area (Å²) in [5.74, 6) is -0.577. The number of benzene rings is 3. The minimum absolute atomic E-state index is 0.0329. The van der Waals surface area contributed by atoms with Gasteiger partial charge in [-0.15, -0.1) is 0 Å². The highest BCUT2D eigenvalue weighted by molar-refractivity contribution is 6.24. The number of carbonyl (C=O) groups is 5. The number of imide groups is 2. The molecule has 3 aromatic carbocycles. The fraction of sp³-hybridized carbons (Fsp3) is 0.318. The summed E-state index contributed by atoms with van der Waals surface area (Å²) in [5, 5.41) is 7.83. The van der Waals surface area contributed by atoms with Crippen LogP contribution >= 0.6 is 0 Å². The van der Waals surface area contributed by atoms with Crippen LogP contribution in [0.1, 0.15) is 58.9 Å². The zero-order valence-corrected chi connectivity index (χ0v) is 33.3. The average Bonchev–Trinajstić information content (AvgIpc) is 3.79. The first-order valence-electron chi connectivity index (χ1n) is 20.1. The van der Waals surface area contributed by atoms with Crippen molar-refractivity contribution in [2.45, 2.75) is 44.2 Å². The van der Waals surface area contributed by atoms with Crippen molar-refractivity contribution < 1.29 is 42.9 Å². The molecule has 3 aliphatic rings. The molecule has 0 radical (unpaired) electrons. The summed E-state index contributed by atoms with van der Waals surface area (Å²) in [6.45, 7) is 6.13. The van der Waals surface area contributed by atoms with Crippen molar-refractivity contribution in [1.82, 2.24) is 34.9 Å². The predicted molar refractivity (Wildman–Crippen MR) is 221 cm³/mol. The highest BCUT2D eigenvalue weighted by Gasteiger charge is 2.46. The van der Waals surface area contributed by atoms with Crippen LogP contribution in [-0.4, -0.2) is 111 Å². The van der Waals surface area contributed by atoms with Gasteiger partial charge in [-0.2, -0.15) is 5.10 Å². The summed E-state index contributed by atoms with van der Waals surface area (Å²) in [6, 6.07) is 20.6. The highest BCUT2D eigenvalue weighted by Crippen LogP contribution is 2.36. The van der Waals surface area contributed by atoms with Gasteiger partial charge in [-0.25, -0.2) is 14.6 Å². The van der Waals surface area contributed by atoms with E-state index in [1.807, 2.05) is 59.3 Å². The number of hydrogen-bond acceptors (Lipinski definition) is 13. The van der Waals surface area contributed by atoms with Gasteiger partial charge in [0.25, 0.3) is 11.8 Å². The molecule has 3 N–H and O–H groups in total. The lowest BCUT2D eigenvalue weighted by atomic mass is 10.0. The topological polar surface area (TPSA) is 210 Å². The fourth-order valence-electron chi connectivity index (χ4n) is 7.76. The Bertz CT molecular complexity index is 2490. The molecule has 61 heavy (non-hydrogen) atoms. The molecule has 0 bridgehead atoms. The van der Waals surface area contributed by atoms with Crippen molar-refractivity contribution in [2.75, 3.05) is 51.9 Å². The first-order valence-corrected chi connectivity index (χ1v) is 20.1. The van der Waals surface area contributed by atoms with Gasteiger partial charge in [0.1, 0.15) is 47.7 Å². The normalized spacial score (nSPS) is 17.7. The van der Waals surface area contributed by atoms with Gasteiger partial charge < -0.3 is 29.6 Å². The summed E-state index contributed by atoms with van der Waals surface area (Å²) >= 11 is 0. The number of piperidine rings is 2. The van der Waals surface area contributed by atoms with E-state index in [-0.39, 0.29) is 74.7 Å². The van der Waals surface area contributed by atoms with Crippen LogP contribution in [0, 0.1) is 0 Å². The van der Waals surface area contributed by atoms with Crippen molar-refractivity contribution in [1.29, 1.82) is 0 Å². The number of nitrogens with one attached hydrogen (secondary N) is 1. The van der Waals surface area contributed by atoms with E-state index in [9.17, 15) is 24.0 Å². The number of amides is 5. The van der Waals surface area contributed by atoms with E-state index in [2.05, 4.69) is 21.9 Å². The lowest BCUT2D eigenvalue weighted by molar-refractivity contribution is -0.136. The SMILES string of the molecule is C=C(CCOCCOCCOc1cccc2c1C(=O)N(C1CCC(=O)NC1=O)C2=O)C(=O)N1CCCC(n2nc(-c3ccc(Oc4ccccc4)cc3)c3c(N)ncnc32)C1. The number of nitrogens with zero attached hydrogens (tertiary/aromatic N) is 6. The number of nitrogen functional groups attached to an aromatic ring is 1. The monoisotopic (exact) mass is 828 g/mol. The van der Waals surface area contributed by atoms with E-state index in [4.69, 9.17) is 29.8 Å². The molecule has 5 heterocycles.